The van der Waals surface area contributed by atoms with Crippen LogP contribution in [0.3, 0.4) is 0 Å². The second kappa shape index (κ2) is 5.44. The van der Waals surface area contributed by atoms with Crippen molar-refractivity contribution in [1.29, 1.82) is 0 Å². The molecule has 17 heavy (non-hydrogen) atoms. The van der Waals surface area contributed by atoms with Crippen molar-refractivity contribution >= 4 is 6.03 Å². The van der Waals surface area contributed by atoms with Crippen LogP contribution in [-0.2, 0) is 0 Å². The fraction of sp³-hybridized carbons (Fsp3) is 0.786. The minimum absolute atomic E-state index is 0.154. The molecule has 0 radical (unpaired) electrons. The van der Waals surface area contributed by atoms with Gasteiger partial charge in [-0.2, -0.15) is 0 Å². The number of carbonyl (C=O) groups is 1. The van der Waals surface area contributed by atoms with Crippen LogP contribution in [0.2, 0.25) is 0 Å². The van der Waals surface area contributed by atoms with Crippen LogP contribution in [0.25, 0.3) is 0 Å². The molecule has 2 fully saturated rings. The molecule has 0 aromatic carbocycles. The van der Waals surface area contributed by atoms with Gasteiger partial charge in [0.2, 0.25) is 0 Å². The lowest BCUT2D eigenvalue weighted by molar-refractivity contribution is 0.137. The Bertz CT molecular complexity index is 309. The lowest BCUT2D eigenvalue weighted by Gasteiger charge is -2.34. The summed E-state index contributed by atoms with van der Waals surface area (Å²) in [4.78, 5) is 16.1. The van der Waals surface area contributed by atoms with E-state index in [0.717, 1.165) is 38.4 Å². The van der Waals surface area contributed by atoms with Gasteiger partial charge in [-0.05, 0) is 37.5 Å². The lowest BCUT2D eigenvalue weighted by Crippen LogP contribution is -2.47. The number of carbonyl (C=O) groups excluding carboxylic acids is 1. The van der Waals surface area contributed by atoms with Crippen molar-refractivity contribution in [2.75, 3.05) is 26.2 Å². The number of rotatable bonds is 3. The van der Waals surface area contributed by atoms with Gasteiger partial charge in [0.1, 0.15) is 0 Å². The highest BCUT2D eigenvalue weighted by molar-refractivity contribution is 5.75. The maximum Gasteiger partial charge on any atom is 0.320 e. The maximum absolute atomic E-state index is 12.3. The fourth-order valence-electron chi connectivity index (χ4n) is 2.33. The predicted octanol–water partition coefficient (Wildman–Crippen LogP) is 2.18. The molecule has 2 amide bonds. The number of terminal acetylenes is 1. The van der Waals surface area contributed by atoms with Crippen molar-refractivity contribution in [2.45, 2.75) is 32.6 Å². The monoisotopic (exact) mass is 234 g/mol. The van der Waals surface area contributed by atoms with Gasteiger partial charge in [0.05, 0.1) is 6.54 Å². The van der Waals surface area contributed by atoms with Gasteiger partial charge in [-0.25, -0.2) is 4.79 Å². The first-order chi connectivity index (χ1) is 8.20. The largest absolute Gasteiger partial charge is 0.325 e. The van der Waals surface area contributed by atoms with Crippen LogP contribution in [0.1, 0.15) is 32.6 Å². The van der Waals surface area contributed by atoms with Crippen LogP contribution in [0, 0.1) is 24.2 Å². The highest BCUT2D eigenvalue weighted by Gasteiger charge is 2.29. The molecule has 0 unspecified atom stereocenters. The fourth-order valence-corrected chi connectivity index (χ4v) is 2.33. The zero-order chi connectivity index (χ0) is 12.3. The first-order valence-corrected chi connectivity index (χ1v) is 6.68. The molecule has 2 rings (SSSR count). The van der Waals surface area contributed by atoms with E-state index in [1.807, 2.05) is 9.80 Å². The molecule has 0 atom stereocenters. The molecule has 1 aliphatic heterocycles. The molecule has 3 nitrogen and oxygen atoms in total. The molecule has 0 aromatic rings. The number of hydrogen-bond acceptors (Lipinski definition) is 1. The summed E-state index contributed by atoms with van der Waals surface area (Å²) in [6.07, 6.45) is 10.1. The smallest absolute Gasteiger partial charge is 0.320 e. The van der Waals surface area contributed by atoms with Gasteiger partial charge < -0.3 is 9.80 Å². The average Bonchev–Trinajstić information content (AvgIpc) is 3.13. The van der Waals surface area contributed by atoms with Crippen LogP contribution in [0.15, 0.2) is 0 Å². The van der Waals surface area contributed by atoms with E-state index in [0.29, 0.717) is 12.5 Å². The first-order valence-electron chi connectivity index (χ1n) is 6.68. The minimum Gasteiger partial charge on any atom is -0.325 e. The molecule has 1 aliphatic carbocycles. The molecule has 0 N–H and O–H groups in total. The summed E-state index contributed by atoms with van der Waals surface area (Å²) in [5.41, 5.74) is 0. The van der Waals surface area contributed by atoms with E-state index in [-0.39, 0.29) is 6.03 Å². The molecule has 0 spiro atoms. The molecule has 3 heteroatoms. The van der Waals surface area contributed by atoms with Gasteiger partial charge >= 0.3 is 6.03 Å². The van der Waals surface area contributed by atoms with E-state index in [2.05, 4.69) is 12.8 Å². The van der Waals surface area contributed by atoms with Crippen LogP contribution in [0.4, 0.5) is 4.79 Å². The third-order valence-corrected chi connectivity index (χ3v) is 3.78. The average molecular weight is 234 g/mol. The molecule has 94 valence electrons. The number of amides is 2. The minimum atomic E-state index is 0.154. The Balaban J connectivity index is 1.88. The van der Waals surface area contributed by atoms with E-state index in [1.165, 1.54) is 12.8 Å². The Hall–Kier alpha value is -1.17. The van der Waals surface area contributed by atoms with E-state index in [4.69, 9.17) is 6.42 Å². The molecule has 0 aromatic heterocycles. The van der Waals surface area contributed by atoms with Crippen molar-refractivity contribution in [3.63, 3.8) is 0 Å². The van der Waals surface area contributed by atoms with Gasteiger partial charge in [0.25, 0.3) is 0 Å². The summed E-state index contributed by atoms with van der Waals surface area (Å²) in [5.74, 6) is 4.07. The third-order valence-electron chi connectivity index (χ3n) is 3.78. The third kappa shape index (κ3) is 3.39. The van der Waals surface area contributed by atoms with E-state index in [9.17, 15) is 4.79 Å². The van der Waals surface area contributed by atoms with Gasteiger partial charge in [-0.1, -0.05) is 12.8 Å². The molecule has 0 bridgehead atoms. The van der Waals surface area contributed by atoms with Crippen LogP contribution >= 0.6 is 0 Å². The normalized spacial score (nSPS) is 21.1. The number of nitrogens with zero attached hydrogens (tertiary/aromatic N) is 2. The maximum atomic E-state index is 12.3. The second-order valence-corrected chi connectivity index (χ2v) is 5.48. The Morgan fingerprint density at radius 3 is 2.53 bits per heavy atom. The first kappa shape index (κ1) is 12.3. The Labute approximate surface area is 104 Å². The topological polar surface area (TPSA) is 23.6 Å². The Morgan fingerprint density at radius 2 is 2.00 bits per heavy atom. The number of hydrogen-bond donors (Lipinski definition) is 0. The van der Waals surface area contributed by atoms with Crippen molar-refractivity contribution in [2.24, 2.45) is 11.8 Å². The van der Waals surface area contributed by atoms with Crippen LogP contribution in [0.5, 0.6) is 0 Å². The molecule has 1 saturated carbocycles. The van der Waals surface area contributed by atoms with Crippen molar-refractivity contribution < 1.29 is 4.79 Å². The standard InChI is InChI=1S/C14H22N2O/c1-3-8-16(11-13-4-5-13)14(17)15-9-6-12(2)7-10-15/h1,12-13H,4-11H2,2H3. The second-order valence-electron chi connectivity index (χ2n) is 5.48. The molecular formula is C14H22N2O. The molecule has 1 saturated heterocycles. The van der Waals surface area contributed by atoms with Gasteiger partial charge in [0.15, 0.2) is 0 Å². The highest BCUT2D eigenvalue weighted by Crippen LogP contribution is 2.30. The van der Waals surface area contributed by atoms with E-state index >= 15 is 0 Å². The Morgan fingerprint density at radius 1 is 1.35 bits per heavy atom. The van der Waals surface area contributed by atoms with Crippen molar-refractivity contribution in [1.82, 2.24) is 9.80 Å². The van der Waals surface area contributed by atoms with E-state index < -0.39 is 0 Å². The summed E-state index contributed by atoms with van der Waals surface area (Å²) in [6.45, 7) is 5.36. The summed E-state index contributed by atoms with van der Waals surface area (Å²) in [7, 11) is 0. The summed E-state index contributed by atoms with van der Waals surface area (Å²) in [6, 6.07) is 0.154. The number of urea groups is 1. The summed E-state index contributed by atoms with van der Waals surface area (Å²) >= 11 is 0. The van der Waals surface area contributed by atoms with E-state index in [1.54, 1.807) is 0 Å². The highest BCUT2D eigenvalue weighted by atomic mass is 16.2. The molecular weight excluding hydrogens is 212 g/mol. The SMILES string of the molecule is C#CCN(CC1CC1)C(=O)N1CCC(C)CC1. The zero-order valence-corrected chi connectivity index (χ0v) is 10.7. The Kier molecular flexibility index (Phi) is 3.93. The van der Waals surface area contributed by atoms with Gasteiger partial charge in [-0.15, -0.1) is 6.42 Å². The predicted molar refractivity (Wildman–Crippen MR) is 68.5 cm³/mol. The molecule has 2 aliphatic rings. The van der Waals surface area contributed by atoms with Gasteiger partial charge in [-0.3, -0.25) is 0 Å². The summed E-state index contributed by atoms with van der Waals surface area (Å²) < 4.78 is 0. The van der Waals surface area contributed by atoms with Crippen molar-refractivity contribution in [3.8, 4) is 12.3 Å². The number of piperidine rings is 1. The zero-order valence-electron chi connectivity index (χ0n) is 10.7. The quantitative estimate of drug-likeness (QED) is 0.687. The lowest BCUT2D eigenvalue weighted by atomic mass is 9.99. The number of likely N-dealkylation sites (tertiary alicyclic amines) is 1. The summed E-state index contributed by atoms with van der Waals surface area (Å²) in [5, 5.41) is 0. The van der Waals surface area contributed by atoms with Gasteiger partial charge in [0, 0.05) is 19.6 Å². The van der Waals surface area contributed by atoms with Crippen LogP contribution in [-0.4, -0.2) is 42.0 Å². The van der Waals surface area contributed by atoms with Crippen molar-refractivity contribution in [3.05, 3.63) is 0 Å². The van der Waals surface area contributed by atoms with Crippen LogP contribution < -0.4 is 0 Å². The molecule has 1 heterocycles.